The lowest BCUT2D eigenvalue weighted by molar-refractivity contribution is -0.121. The van der Waals surface area contributed by atoms with Crippen molar-refractivity contribution in [3.63, 3.8) is 0 Å². The summed E-state index contributed by atoms with van der Waals surface area (Å²) in [6.45, 7) is 4.23. The lowest BCUT2D eigenvalue weighted by atomic mass is 10.1. The first-order chi connectivity index (χ1) is 11.6. The van der Waals surface area contributed by atoms with Gasteiger partial charge in [0.05, 0.1) is 6.54 Å². The van der Waals surface area contributed by atoms with Crippen molar-refractivity contribution >= 4 is 17.5 Å². The van der Waals surface area contributed by atoms with Gasteiger partial charge in [0.1, 0.15) is 0 Å². The van der Waals surface area contributed by atoms with E-state index in [0.717, 1.165) is 31.5 Å². The molecule has 1 aliphatic heterocycles. The number of amides is 1. The van der Waals surface area contributed by atoms with Crippen LogP contribution in [-0.2, 0) is 11.3 Å². The maximum absolute atomic E-state index is 11.6. The molecule has 1 fully saturated rings. The van der Waals surface area contributed by atoms with E-state index in [1.54, 1.807) is 12.1 Å². The number of nitrogens with one attached hydrogen (secondary N) is 1. The number of halogens is 1. The van der Waals surface area contributed by atoms with E-state index in [0.29, 0.717) is 29.8 Å². The smallest absolute Gasteiger partial charge is 0.247 e. The quantitative estimate of drug-likeness (QED) is 0.899. The number of piperidine rings is 1. The molecule has 6 nitrogen and oxygen atoms in total. The van der Waals surface area contributed by atoms with Gasteiger partial charge in [-0.15, -0.1) is 10.2 Å². The molecule has 1 amide bonds. The van der Waals surface area contributed by atoms with Crippen LogP contribution in [0, 0.1) is 0 Å². The fourth-order valence-corrected chi connectivity index (χ4v) is 3.08. The molecule has 1 atom stereocenters. The van der Waals surface area contributed by atoms with Gasteiger partial charge in [-0.1, -0.05) is 24.6 Å². The highest BCUT2D eigenvalue weighted by molar-refractivity contribution is 6.30. The standard InChI is InChI=1S/C17H21ClN4O2/c1-2-15(23)19-14-7-4-8-22(10-14)11-16-20-21-17(24-16)12-5-3-6-13(18)9-12/h3,5-6,9,14H,2,4,7-8,10-11H2,1H3,(H,19,23). The number of hydrogen-bond donors (Lipinski definition) is 1. The van der Waals surface area contributed by atoms with Gasteiger partial charge in [-0.3, -0.25) is 9.69 Å². The molecular weight excluding hydrogens is 328 g/mol. The van der Waals surface area contributed by atoms with Crippen LogP contribution in [0.3, 0.4) is 0 Å². The Kier molecular flexibility index (Phi) is 5.48. The van der Waals surface area contributed by atoms with Crippen molar-refractivity contribution in [2.45, 2.75) is 38.8 Å². The molecule has 1 saturated heterocycles. The first kappa shape index (κ1) is 16.9. The second-order valence-electron chi connectivity index (χ2n) is 6.01. The van der Waals surface area contributed by atoms with Crippen molar-refractivity contribution in [3.8, 4) is 11.5 Å². The zero-order chi connectivity index (χ0) is 16.9. The van der Waals surface area contributed by atoms with Gasteiger partial charge in [0, 0.05) is 29.6 Å². The van der Waals surface area contributed by atoms with E-state index in [4.69, 9.17) is 16.0 Å². The molecule has 0 bridgehead atoms. The third kappa shape index (κ3) is 4.33. The van der Waals surface area contributed by atoms with Crippen LogP contribution in [0.4, 0.5) is 0 Å². The van der Waals surface area contributed by atoms with E-state index in [1.807, 2.05) is 19.1 Å². The summed E-state index contributed by atoms with van der Waals surface area (Å²) in [7, 11) is 0. The molecule has 0 aliphatic carbocycles. The van der Waals surface area contributed by atoms with E-state index in [-0.39, 0.29) is 11.9 Å². The van der Waals surface area contributed by atoms with Crippen molar-refractivity contribution in [1.29, 1.82) is 0 Å². The van der Waals surface area contributed by atoms with E-state index >= 15 is 0 Å². The Balaban J connectivity index is 1.61. The summed E-state index contributed by atoms with van der Waals surface area (Å²) in [5.41, 5.74) is 0.813. The van der Waals surface area contributed by atoms with Crippen molar-refractivity contribution in [2.24, 2.45) is 0 Å². The Morgan fingerprint density at radius 3 is 3.12 bits per heavy atom. The predicted octanol–water partition coefficient (Wildman–Crippen LogP) is 2.88. The van der Waals surface area contributed by atoms with Gasteiger partial charge >= 0.3 is 0 Å². The molecule has 0 spiro atoms. The van der Waals surface area contributed by atoms with Crippen molar-refractivity contribution in [2.75, 3.05) is 13.1 Å². The average molecular weight is 349 g/mol. The summed E-state index contributed by atoms with van der Waals surface area (Å²) in [5.74, 6) is 1.15. The molecule has 128 valence electrons. The highest BCUT2D eigenvalue weighted by Gasteiger charge is 2.22. The molecule has 2 aromatic rings. The first-order valence-corrected chi connectivity index (χ1v) is 8.62. The van der Waals surface area contributed by atoms with Gasteiger partial charge < -0.3 is 9.73 Å². The lowest BCUT2D eigenvalue weighted by Crippen LogP contribution is -2.47. The minimum atomic E-state index is 0.0999. The number of benzene rings is 1. The number of aromatic nitrogens is 2. The second-order valence-corrected chi connectivity index (χ2v) is 6.44. The topological polar surface area (TPSA) is 71.3 Å². The first-order valence-electron chi connectivity index (χ1n) is 8.24. The minimum absolute atomic E-state index is 0.0999. The Hall–Kier alpha value is -1.92. The Morgan fingerprint density at radius 1 is 1.46 bits per heavy atom. The van der Waals surface area contributed by atoms with Crippen molar-refractivity contribution < 1.29 is 9.21 Å². The molecule has 0 radical (unpaired) electrons. The molecule has 1 N–H and O–H groups in total. The van der Waals surface area contributed by atoms with Crippen LogP contribution in [0.1, 0.15) is 32.1 Å². The summed E-state index contributed by atoms with van der Waals surface area (Å²) in [4.78, 5) is 13.8. The molecule has 2 heterocycles. The van der Waals surface area contributed by atoms with Crippen LogP contribution in [0.25, 0.3) is 11.5 Å². The van der Waals surface area contributed by atoms with Crippen LogP contribution >= 0.6 is 11.6 Å². The second kappa shape index (κ2) is 7.77. The fourth-order valence-electron chi connectivity index (χ4n) is 2.89. The number of carbonyl (C=O) groups is 1. The molecule has 1 aromatic carbocycles. The number of likely N-dealkylation sites (tertiary alicyclic amines) is 1. The van der Waals surface area contributed by atoms with E-state index in [1.165, 1.54) is 0 Å². The number of rotatable bonds is 5. The van der Waals surface area contributed by atoms with Crippen LogP contribution in [0.5, 0.6) is 0 Å². The van der Waals surface area contributed by atoms with Crippen molar-refractivity contribution in [1.82, 2.24) is 20.4 Å². The lowest BCUT2D eigenvalue weighted by Gasteiger charge is -2.32. The van der Waals surface area contributed by atoms with E-state index in [9.17, 15) is 4.79 Å². The Bertz CT molecular complexity index is 703. The average Bonchev–Trinajstić information content (AvgIpc) is 3.03. The maximum atomic E-state index is 11.6. The number of nitrogens with zero attached hydrogens (tertiary/aromatic N) is 3. The third-order valence-electron chi connectivity index (χ3n) is 4.09. The Labute approximate surface area is 146 Å². The van der Waals surface area contributed by atoms with Crippen LogP contribution < -0.4 is 5.32 Å². The molecule has 7 heteroatoms. The van der Waals surface area contributed by atoms with Gasteiger partial charge in [-0.05, 0) is 37.6 Å². The van der Waals surface area contributed by atoms with Gasteiger partial charge in [-0.25, -0.2) is 0 Å². The monoisotopic (exact) mass is 348 g/mol. The molecule has 3 rings (SSSR count). The van der Waals surface area contributed by atoms with Gasteiger partial charge in [0.25, 0.3) is 0 Å². The molecule has 1 aliphatic rings. The summed E-state index contributed by atoms with van der Waals surface area (Å²) in [5, 5.41) is 11.9. The zero-order valence-electron chi connectivity index (χ0n) is 13.7. The molecule has 1 aromatic heterocycles. The number of carbonyl (C=O) groups excluding carboxylic acids is 1. The van der Waals surface area contributed by atoms with Gasteiger partial charge in [0.2, 0.25) is 17.7 Å². The SMILES string of the molecule is CCC(=O)NC1CCCN(Cc2nnc(-c3cccc(Cl)c3)o2)C1. The normalized spacial score (nSPS) is 18.5. The highest BCUT2D eigenvalue weighted by atomic mass is 35.5. The van der Waals surface area contributed by atoms with E-state index < -0.39 is 0 Å². The molecule has 24 heavy (non-hydrogen) atoms. The van der Waals surface area contributed by atoms with E-state index in [2.05, 4.69) is 20.4 Å². The van der Waals surface area contributed by atoms with Crippen LogP contribution in [0.2, 0.25) is 5.02 Å². The zero-order valence-corrected chi connectivity index (χ0v) is 14.4. The van der Waals surface area contributed by atoms with Crippen molar-refractivity contribution in [3.05, 3.63) is 35.2 Å². The van der Waals surface area contributed by atoms with Gasteiger partial charge in [-0.2, -0.15) is 0 Å². The largest absolute Gasteiger partial charge is 0.419 e. The van der Waals surface area contributed by atoms with Crippen LogP contribution in [-0.4, -0.2) is 40.1 Å². The Morgan fingerprint density at radius 2 is 2.33 bits per heavy atom. The summed E-state index contributed by atoms with van der Waals surface area (Å²) >= 11 is 5.99. The van der Waals surface area contributed by atoms with Crippen LogP contribution in [0.15, 0.2) is 28.7 Å². The third-order valence-corrected chi connectivity index (χ3v) is 4.32. The molecule has 0 saturated carbocycles. The minimum Gasteiger partial charge on any atom is -0.419 e. The summed E-state index contributed by atoms with van der Waals surface area (Å²) in [6, 6.07) is 7.55. The molecule has 1 unspecified atom stereocenters. The maximum Gasteiger partial charge on any atom is 0.247 e. The highest BCUT2D eigenvalue weighted by Crippen LogP contribution is 2.22. The summed E-state index contributed by atoms with van der Waals surface area (Å²) < 4.78 is 5.76. The summed E-state index contributed by atoms with van der Waals surface area (Å²) in [6.07, 6.45) is 2.58. The number of hydrogen-bond acceptors (Lipinski definition) is 5. The predicted molar refractivity (Wildman–Crippen MR) is 91.5 cm³/mol. The van der Waals surface area contributed by atoms with Gasteiger partial charge in [0.15, 0.2) is 0 Å². The molecular formula is C17H21ClN4O2. The fraction of sp³-hybridized carbons (Fsp3) is 0.471.